The highest BCUT2D eigenvalue weighted by Gasteiger charge is 2.13. The molecule has 6 nitrogen and oxygen atoms in total. The average molecular weight is 348 g/mol. The summed E-state index contributed by atoms with van der Waals surface area (Å²) in [5.74, 6) is -0.534. The van der Waals surface area contributed by atoms with Crippen LogP contribution in [0, 0.1) is 0 Å². The lowest BCUT2D eigenvalue weighted by atomic mass is 10.1. The molecule has 26 heavy (non-hydrogen) atoms. The van der Waals surface area contributed by atoms with Gasteiger partial charge >= 0.3 is 5.97 Å². The Morgan fingerprint density at radius 1 is 1.04 bits per heavy atom. The molecule has 0 aliphatic heterocycles. The van der Waals surface area contributed by atoms with Gasteiger partial charge in [-0.2, -0.15) is 0 Å². The zero-order valence-corrected chi connectivity index (χ0v) is 14.1. The summed E-state index contributed by atoms with van der Waals surface area (Å²) in [5, 5.41) is 0. The zero-order valence-electron chi connectivity index (χ0n) is 14.1. The third-order valence-corrected chi connectivity index (χ3v) is 3.61. The molecule has 0 N–H and O–H groups in total. The monoisotopic (exact) mass is 348 g/mol. The van der Waals surface area contributed by atoms with Gasteiger partial charge in [0.25, 0.3) is 0 Å². The Labute approximate surface area is 150 Å². The Morgan fingerprint density at radius 3 is 2.58 bits per heavy atom. The van der Waals surface area contributed by atoms with E-state index < -0.39 is 5.97 Å². The summed E-state index contributed by atoms with van der Waals surface area (Å²) in [5.41, 5.74) is 2.40. The van der Waals surface area contributed by atoms with Crippen molar-refractivity contribution < 1.29 is 19.1 Å². The summed E-state index contributed by atoms with van der Waals surface area (Å²) < 4.78 is 10.1. The van der Waals surface area contributed by atoms with Gasteiger partial charge in [-0.3, -0.25) is 9.78 Å². The number of para-hydroxylation sites is 3. The first-order valence-electron chi connectivity index (χ1n) is 7.90. The van der Waals surface area contributed by atoms with E-state index in [-0.39, 0.29) is 12.4 Å². The van der Waals surface area contributed by atoms with Gasteiger partial charge in [0.1, 0.15) is 5.75 Å². The fraction of sp³-hybridized carbons (Fsp3) is 0.100. The molecule has 0 aliphatic carbocycles. The number of ether oxygens (including phenoxy) is 2. The molecule has 0 radical (unpaired) electrons. The number of carbonyl (C=O) groups is 2. The van der Waals surface area contributed by atoms with Crippen LogP contribution >= 0.6 is 0 Å². The van der Waals surface area contributed by atoms with Crippen molar-refractivity contribution in [2.24, 2.45) is 0 Å². The van der Waals surface area contributed by atoms with Crippen molar-refractivity contribution in [3.63, 3.8) is 0 Å². The van der Waals surface area contributed by atoms with Crippen molar-refractivity contribution in [2.75, 3.05) is 13.7 Å². The first kappa shape index (κ1) is 17.3. The van der Waals surface area contributed by atoms with E-state index in [0.29, 0.717) is 17.0 Å². The first-order valence-corrected chi connectivity index (χ1v) is 7.90. The molecule has 0 amide bonds. The molecule has 0 saturated heterocycles. The maximum Gasteiger partial charge on any atom is 0.331 e. The lowest BCUT2D eigenvalue weighted by Gasteiger charge is -2.07. The van der Waals surface area contributed by atoms with E-state index in [9.17, 15) is 9.59 Å². The minimum Gasteiger partial charge on any atom is -0.496 e. The summed E-state index contributed by atoms with van der Waals surface area (Å²) in [7, 11) is 1.48. The number of nitrogens with zero attached hydrogens (tertiary/aromatic N) is 2. The molecular weight excluding hydrogens is 332 g/mol. The maximum absolute atomic E-state index is 12.1. The van der Waals surface area contributed by atoms with Crippen molar-refractivity contribution in [3.8, 4) is 5.75 Å². The molecule has 130 valence electrons. The summed E-state index contributed by atoms with van der Waals surface area (Å²) in [6.07, 6.45) is 4.27. The molecule has 0 unspecified atom stereocenters. The average Bonchev–Trinajstić information content (AvgIpc) is 2.70. The number of esters is 1. The van der Waals surface area contributed by atoms with Crippen LogP contribution in [0.2, 0.25) is 0 Å². The van der Waals surface area contributed by atoms with Crippen LogP contribution in [0.4, 0.5) is 0 Å². The van der Waals surface area contributed by atoms with Crippen molar-refractivity contribution in [3.05, 3.63) is 72.1 Å². The van der Waals surface area contributed by atoms with Crippen molar-refractivity contribution in [1.29, 1.82) is 0 Å². The number of rotatable bonds is 6. The van der Waals surface area contributed by atoms with Gasteiger partial charge in [0.05, 0.1) is 35.6 Å². The second kappa shape index (κ2) is 8.02. The van der Waals surface area contributed by atoms with Crippen molar-refractivity contribution in [2.45, 2.75) is 0 Å². The molecule has 0 fully saturated rings. The summed E-state index contributed by atoms with van der Waals surface area (Å²) >= 11 is 0. The molecule has 0 spiro atoms. The van der Waals surface area contributed by atoms with Gasteiger partial charge in [-0.15, -0.1) is 0 Å². The van der Waals surface area contributed by atoms with E-state index in [0.717, 1.165) is 11.0 Å². The lowest BCUT2D eigenvalue weighted by Crippen LogP contribution is -2.13. The molecule has 2 aromatic carbocycles. The minimum atomic E-state index is -0.636. The second-order valence-corrected chi connectivity index (χ2v) is 5.35. The topological polar surface area (TPSA) is 78.4 Å². The molecule has 6 heteroatoms. The SMILES string of the molecule is COc1ccccc1C(=O)COC(=O)/C=C/c1cnc2ccccc2n1. The number of methoxy groups -OCH3 is 1. The van der Waals surface area contributed by atoms with Crippen LogP contribution in [-0.4, -0.2) is 35.4 Å². The van der Waals surface area contributed by atoms with Gasteiger partial charge in [0, 0.05) is 6.08 Å². The third-order valence-electron chi connectivity index (χ3n) is 3.61. The molecule has 0 saturated carbocycles. The van der Waals surface area contributed by atoms with E-state index in [2.05, 4.69) is 9.97 Å². The number of aromatic nitrogens is 2. The van der Waals surface area contributed by atoms with E-state index >= 15 is 0 Å². The molecule has 3 rings (SSSR count). The summed E-state index contributed by atoms with van der Waals surface area (Å²) in [4.78, 5) is 32.6. The minimum absolute atomic E-state index is 0.338. The molecule has 0 aliphatic rings. The van der Waals surface area contributed by atoms with E-state index in [1.54, 1.807) is 30.5 Å². The predicted octanol–water partition coefficient (Wildman–Crippen LogP) is 3.08. The third kappa shape index (κ3) is 4.10. The molecule has 3 aromatic rings. The second-order valence-electron chi connectivity index (χ2n) is 5.35. The van der Waals surface area contributed by atoms with Crippen LogP contribution in [0.15, 0.2) is 60.8 Å². The van der Waals surface area contributed by atoms with E-state index in [4.69, 9.17) is 9.47 Å². The van der Waals surface area contributed by atoms with Gasteiger partial charge < -0.3 is 9.47 Å². The Kier molecular flexibility index (Phi) is 5.34. The van der Waals surface area contributed by atoms with Crippen LogP contribution in [0.5, 0.6) is 5.75 Å². The van der Waals surface area contributed by atoms with Crippen molar-refractivity contribution in [1.82, 2.24) is 9.97 Å². The number of hydrogen-bond acceptors (Lipinski definition) is 6. The van der Waals surface area contributed by atoms with Crippen molar-refractivity contribution >= 4 is 28.9 Å². The number of ketones is 1. The number of hydrogen-bond donors (Lipinski definition) is 0. The quantitative estimate of drug-likeness (QED) is 0.387. The van der Waals surface area contributed by atoms with Gasteiger partial charge in [-0.25, -0.2) is 9.78 Å². The smallest absolute Gasteiger partial charge is 0.331 e. The fourth-order valence-corrected chi connectivity index (χ4v) is 2.34. The van der Waals surface area contributed by atoms with E-state index in [1.165, 1.54) is 19.3 Å². The van der Waals surface area contributed by atoms with E-state index in [1.807, 2.05) is 24.3 Å². The highest BCUT2D eigenvalue weighted by molar-refractivity contribution is 6.01. The first-order chi connectivity index (χ1) is 12.7. The zero-order chi connectivity index (χ0) is 18.4. The van der Waals surface area contributed by atoms with Crippen LogP contribution in [0.3, 0.4) is 0 Å². The fourth-order valence-electron chi connectivity index (χ4n) is 2.34. The Morgan fingerprint density at radius 2 is 1.77 bits per heavy atom. The van der Waals surface area contributed by atoms with Gasteiger partial charge in [-0.1, -0.05) is 24.3 Å². The largest absolute Gasteiger partial charge is 0.496 e. The standard InChI is InChI=1S/C20H16N2O4/c1-25-19-9-5-2-6-15(19)18(23)13-26-20(24)11-10-14-12-21-16-7-3-4-8-17(16)22-14/h2-12H,13H2,1H3/b11-10+. The number of benzene rings is 2. The highest BCUT2D eigenvalue weighted by Crippen LogP contribution is 2.17. The maximum atomic E-state index is 12.1. The molecule has 1 aromatic heterocycles. The van der Waals surface area contributed by atoms with Crippen LogP contribution in [-0.2, 0) is 9.53 Å². The highest BCUT2D eigenvalue weighted by atomic mass is 16.5. The van der Waals surface area contributed by atoms with Crippen LogP contribution in [0.1, 0.15) is 16.1 Å². The Hall–Kier alpha value is -3.54. The van der Waals surface area contributed by atoms with Gasteiger partial charge in [0.2, 0.25) is 5.78 Å². The Bertz CT molecular complexity index is 982. The predicted molar refractivity (Wildman–Crippen MR) is 96.9 cm³/mol. The lowest BCUT2D eigenvalue weighted by molar-refractivity contribution is -0.136. The van der Waals surface area contributed by atoms with Gasteiger partial charge in [-0.05, 0) is 30.3 Å². The molecule has 0 atom stereocenters. The number of Topliss-reactive ketones (excluding diaryl/α,β-unsaturated/α-hetero) is 1. The normalized spacial score (nSPS) is 10.8. The summed E-state index contributed by atoms with van der Waals surface area (Å²) in [6.45, 7) is -0.368. The van der Waals surface area contributed by atoms with Crippen LogP contribution < -0.4 is 4.74 Å². The molecule has 1 heterocycles. The molecular formula is C20H16N2O4. The molecule has 0 bridgehead atoms. The van der Waals surface area contributed by atoms with Gasteiger partial charge in [0.15, 0.2) is 6.61 Å². The Balaban J connectivity index is 1.61. The van der Waals surface area contributed by atoms with Crippen LogP contribution in [0.25, 0.3) is 17.1 Å². The summed E-state index contributed by atoms with van der Waals surface area (Å²) in [6, 6.07) is 14.2. The number of fused-ring (bicyclic) bond motifs is 1. The number of carbonyl (C=O) groups excluding carboxylic acids is 2.